The molecule has 0 aromatic heterocycles. The Kier molecular flexibility index (Phi) is 122. The highest BCUT2D eigenvalue weighted by Crippen LogP contribution is 2.19. The van der Waals surface area contributed by atoms with Crippen LogP contribution in [0.4, 0.5) is 4.39 Å². The lowest BCUT2D eigenvalue weighted by atomic mass is 10.1. The van der Waals surface area contributed by atoms with Crippen molar-refractivity contribution in [2.75, 3.05) is 0 Å². The number of hydrogen-bond donors (Lipinski definition) is 1. The molecule has 0 saturated carbocycles. The third-order valence-electron chi connectivity index (χ3n) is 1.20. The van der Waals surface area contributed by atoms with E-state index in [4.69, 9.17) is 0 Å². The monoisotopic (exact) mass is 363 g/mol. The number of hydrogen-bond acceptors (Lipinski definition) is 2. The molecule has 0 atom stereocenters. The number of nitrogens with zero attached hydrogens (tertiary/aromatic N) is 1. The van der Waals surface area contributed by atoms with Gasteiger partial charge in [-0.3, -0.25) is 4.99 Å². The van der Waals surface area contributed by atoms with Crippen molar-refractivity contribution >= 4 is 19.3 Å². The second-order valence-corrected chi connectivity index (χ2v) is 2.18. The van der Waals surface area contributed by atoms with E-state index in [1.54, 1.807) is 0 Å². The van der Waals surface area contributed by atoms with E-state index < -0.39 is 5.83 Å². The first-order valence-electron chi connectivity index (χ1n) is 9.15. The van der Waals surface area contributed by atoms with E-state index in [0.717, 1.165) is 5.41 Å². The van der Waals surface area contributed by atoms with Crippen LogP contribution in [0.1, 0.15) is 83.1 Å². The van der Waals surface area contributed by atoms with Crippen LogP contribution < -0.4 is 0 Å². The Hall–Kier alpha value is -1.09. The van der Waals surface area contributed by atoms with Crippen molar-refractivity contribution in [2.24, 2.45) is 4.99 Å². The Labute approximate surface area is 160 Å². The Morgan fingerprint density at radius 3 is 1.29 bits per heavy atom. The average Bonchev–Trinajstić information content (AvgIpc) is 2.74. The maximum absolute atomic E-state index is 12.8. The summed E-state index contributed by atoms with van der Waals surface area (Å²) < 4.78 is 12.8. The normalized spacial score (nSPS) is 7.75. The van der Waals surface area contributed by atoms with Gasteiger partial charge in [0.2, 0.25) is 0 Å². The van der Waals surface area contributed by atoms with Crippen LogP contribution in [-0.2, 0) is 0 Å². The SMILES string of the molecule is C=C/C(=C\N=C)C(=C)/C(F)=C\S.CC.CC.CC.CC.CC.CC. The lowest BCUT2D eigenvalue weighted by molar-refractivity contribution is 0.659. The van der Waals surface area contributed by atoms with Crippen LogP contribution in [0.25, 0.3) is 0 Å². The number of aliphatic imine (C=N–C) groups is 1. The number of thiol groups is 1. The van der Waals surface area contributed by atoms with Gasteiger partial charge in [0.1, 0.15) is 5.83 Å². The van der Waals surface area contributed by atoms with E-state index in [1.165, 1.54) is 12.3 Å². The molecule has 0 bridgehead atoms. The first-order chi connectivity index (χ1) is 11.7. The van der Waals surface area contributed by atoms with Gasteiger partial charge in [0.05, 0.1) is 0 Å². The largest absolute Gasteiger partial charge is 0.272 e. The molecule has 0 aromatic carbocycles. The highest BCUT2D eigenvalue weighted by Gasteiger charge is 2.03. The van der Waals surface area contributed by atoms with Gasteiger partial charge in [0, 0.05) is 22.8 Å². The standard InChI is InChI=1S/C9H10FNS.6C2H6/c1-4-8(5-11-3)7(2)9(10)6-12;6*1-2/h4-6,12H,1-3H2;6*1-2H3/b8-5+,9-6+;;;;;;. The molecule has 0 N–H and O–H groups in total. The van der Waals surface area contributed by atoms with E-state index in [0.29, 0.717) is 5.57 Å². The third-order valence-corrected chi connectivity index (χ3v) is 1.43. The number of halogens is 1. The Morgan fingerprint density at radius 1 is 0.833 bits per heavy atom. The van der Waals surface area contributed by atoms with Crippen molar-refractivity contribution in [3.05, 3.63) is 47.8 Å². The summed E-state index contributed by atoms with van der Waals surface area (Å²) in [4.78, 5) is 3.48. The van der Waals surface area contributed by atoms with Gasteiger partial charge in [-0.1, -0.05) is 102 Å². The van der Waals surface area contributed by atoms with Crippen LogP contribution in [0.2, 0.25) is 0 Å². The van der Waals surface area contributed by atoms with Gasteiger partial charge < -0.3 is 0 Å². The van der Waals surface area contributed by atoms with Gasteiger partial charge in [-0.15, -0.1) is 12.6 Å². The van der Waals surface area contributed by atoms with Crippen LogP contribution in [0.3, 0.4) is 0 Å². The summed E-state index contributed by atoms with van der Waals surface area (Å²) in [7, 11) is 0. The lowest BCUT2D eigenvalue weighted by Crippen LogP contribution is -1.84. The highest BCUT2D eigenvalue weighted by atomic mass is 32.1. The molecule has 0 aliphatic rings. The van der Waals surface area contributed by atoms with E-state index in [2.05, 4.69) is 37.5 Å². The molecule has 0 aliphatic heterocycles. The Bertz CT molecular complexity index is 267. The molecular formula is C21H46FNS. The molecule has 0 aromatic rings. The molecule has 0 spiro atoms. The molecule has 1 nitrogen and oxygen atoms in total. The van der Waals surface area contributed by atoms with Crippen molar-refractivity contribution in [2.45, 2.75) is 83.1 Å². The molecule has 0 amide bonds. The van der Waals surface area contributed by atoms with E-state index in [1.807, 2.05) is 83.1 Å². The van der Waals surface area contributed by atoms with Crippen LogP contribution in [-0.4, -0.2) is 6.72 Å². The second kappa shape index (κ2) is 67.5. The minimum atomic E-state index is -0.506. The summed E-state index contributed by atoms with van der Waals surface area (Å²) in [5.41, 5.74) is 0.695. The Morgan fingerprint density at radius 2 is 1.12 bits per heavy atom. The Balaban J connectivity index is -0.0000000404. The fourth-order valence-corrected chi connectivity index (χ4v) is 0.724. The fraction of sp³-hybridized carbons (Fsp3) is 0.571. The topological polar surface area (TPSA) is 12.4 Å². The molecule has 0 saturated heterocycles. The molecule has 0 unspecified atom stereocenters. The van der Waals surface area contributed by atoms with Crippen molar-refractivity contribution in [1.29, 1.82) is 0 Å². The van der Waals surface area contributed by atoms with Crippen LogP contribution >= 0.6 is 12.6 Å². The molecular weight excluding hydrogens is 317 g/mol. The zero-order chi connectivity index (χ0) is 21.6. The molecule has 0 rings (SSSR count). The molecule has 24 heavy (non-hydrogen) atoms. The van der Waals surface area contributed by atoms with Crippen molar-refractivity contribution in [3.63, 3.8) is 0 Å². The molecule has 0 heterocycles. The van der Waals surface area contributed by atoms with E-state index in [9.17, 15) is 4.39 Å². The number of rotatable bonds is 4. The maximum atomic E-state index is 12.8. The van der Waals surface area contributed by atoms with E-state index >= 15 is 0 Å². The molecule has 148 valence electrons. The minimum Gasteiger partial charge on any atom is -0.272 e. The number of allylic oxidation sites excluding steroid dienone is 4. The van der Waals surface area contributed by atoms with Crippen LogP contribution in [0.15, 0.2) is 52.8 Å². The zero-order valence-corrected chi connectivity index (χ0v) is 19.5. The second-order valence-electron chi connectivity index (χ2n) is 1.93. The summed E-state index contributed by atoms with van der Waals surface area (Å²) in [6.07, 6.45) is 2.83. The van der Waals surface area contributed by atoms with Crippen LogP contribution in [0.5, 0.6) is 0 Å². The predicted octanol–water partition coefficient (Wildman–Crippen LogP) is 9.21. The quantitative estimate of drug-likeness (QED) is 0.290. The van der Waals surface area contributed by atoms with Crippen LogP contribution in [0, 0.1) is 0 Å². The van der Waals surface area contributed by atoms with Gasteiger partial charge in [0.25, 0.3) is 0 Å². The van der Waals surface area contributed by atoms with Crippen molar-refractivity contribution < 1.29 is 4.39 Å². The van der Waals surface area contributed by atoms with Crippen molar-refractivity contribution in [1.82, 2.24) is 0 Å². The van der Waals surface area contributed by atoms with Gasteiger partial charge in [0.15, 0.2) is 0 Å². The fourth-order valence-electron chi connectivity index (χ4n) is 0.568. The highest BCUT2D eigenvalue weighted by molar-refractivity contribution is 7.83. The van der Waals surface area contributed by atoms with Gasteiger partial charge in [-0.25, -0.2) is 4.39 Å². The first-order valence-corrected chi connectivity index (χ1v) is 9.67. The summed E-state index contributed by atoms with van der Waals surface area (Å²) in [5.74, 6) is -0.506. The predicted molar refractivity (Wildman–Crippen MR) is 123 cm³/mol. The van der Waals surface area contributed by atoms with Gasteiger partial charge in [-0.05, 0) is 6.72 Å². The van der Waals surface area contributed by atoms with E-state index in [-0.39, 0.29) is 5.57 Å². The van der Waals surface area contributed by atoms with Crippen molar-refractivity contribution in [3.8, 4) is 0 Å². The maximum Gasteiger partial charge on any atom is 0.136 e. The lowest BCUT2D eigenvalue weighted by Gasteiger charge is -2.00. The molecule has 0 aliphatic carbocycles. The van der Waals surface area contributed by atoms with Gasteiger partial charge >= 0.3 is 0 Å². The summed E-state index contributed by atoms with van der Waals surface area (Å²) in [5, 5.41) is 1.03. The summed E-state index contributed by atoms with van der Waals surface area (Å²) in [6.45, 7) is 34.2. The summed E-state index contributed by atoms with van der Waals surface area (Å²) in [6, 6.07) is 0. The smallest absolute Gasteiger partial charge is 0.136 e. The molecule has 0 radical (unpaired) electrons. The van der Waals surface area contributed by atoms with Gasteiger partial charge in [-0.2, -0.15) is 0 Å². The molecule has 0 fully saturated rings. The zero-order valence-electron chi connectivity index (χ0n) is 18.6. The average molecular weight is 364 g/mol. The third kappa shape index (κ3) is 42.8. The summed E-state index contributed by atoms with van der Waals surface area (Å²) >= 11 is 3.65. The molecule has 3 heteroatoms. The minimum absolute atomic E-state index is 0.201. The first kappa shape index (κ1) is 43.4.